The quantitative estimate of drug-likeness (QED) is 0.730. The molecule has 100 valence electrons. The van der Waals surface area contributed by atoms with Gasteiger partial charge in [-0.2, -0.15) is 0 Å². The summed E-state index contributed by atoms with van der Waals surface area (Å²) < 4.78 is 1.05. The van der Waals surface area contributed by atoms with Crippen molar-refractivity contribution >= 4 is 44.2 Å². The molecule has 0 spiro atoms. The fourth-order valence-corrected chi connectivity index (χ4v) is 2.97. The van der Waals surface area contributed by atoms with Crippen molar-refractivity contribution in [2.75, 3.05) is 5.32 Å². The molecule has 1 amide bonds. The Labute approximate surface area is 124 Å². The first-order chi connectivity index (χ1) is 9.63. The predicted octanol–water partition coefficient (Wildman–Crippen LogP) is 3.91. The summed E-state index contributed by atoms with van der Waals surface area (Å²) in [6.45, 7) is 2.00. The van der Waals surface area contributed by atoms with Crippen molar-refractivity contribution in [1.82, 2.24) is 9.97 Å². The van der Waals surface area contributed by atoms with Gasteiger partial charge in [0.25, 0.3) is 5.91 Å². The van der Waals surface area contributed by atoms with Crippen molar-refractivity contribution in [2.45, 2.75) is 6.92 Å². The van der Waals surface area contributed by atoms with Crippen molar-refractivity contribution in [3.63, 3.8) is 0 Å². The summed E-state index contributed by atoms with van der Waals surface area (Å²) >= 11 is 7.22. The first-order valence-corrected chi connectivity index (χ1v) is 7.12. The molecule has 0 aliphatic rings. The summed E-state index contributed by atoms with van der Waals surface area (Å²) in [5.74, 6) is -0.244. The zero-order chi connectivity index (χ0) is 14.1. The molecule has 0 fully saturated rings. The van der Waals surface area contributed by atoms with Gasteiger partial charge in [-0.1, -0.05) is 35.1 Å². The highest BCUT2D eigenvalue weighted by Crippen LogP contribution is 2.28. The Balaban J connectivity index is 1.89. The Kier molecular flexibility index (Phi) is 3.38. The highest BCUT2D eigenvalue weighted by molar-refractivity contribution is 7.22. The first-order valence-electron chi connectivity index (χ1n) is 5.92. The second kappa shape index (κ2) is 5.19. The molecule has 0 aliphatic heterocycles. The lowest BCUT2D eigenvalue weighted by atomic mass is 10.2. The minimum Gasteiger partial charge on any atom is -0.298 e. The maximum atomic E-state index is 12.1. The van der Waals surface area contributed by atoms with E-state index in [9.17, 15) is 4.79 Å². The number of halogens is 1. The van der Waals surface area contributed by atoms with Crippen LogP contribution in [-0.2, 0) is 0 Å². The smallest absolute Gasteiger partial charge is 0.257 e. The predicted molar refractivity (Wildman–Crippen MR) is 81.6 cm³/mol. The first kappa shape index (κ1) is 13.0. The Morgan fingerprint density at radius 3 is 2.95 bits per heavy atom. The highest BCUT2D eigenvalue weighted by atomic mass is 35.5. The van der Waals surface area contributed by atoms with Gasteiger partial charge in [-0.3, -0.25) is 10.1 Å². The minimum atomic E-state index is -0.244. The van der Waals surface area contributed by atoms with Crippen LogP contribution in [0.1, 0.15) is 15.9 Å². The Bertz CT molecular complexity index is 800. The molecule has 2 heterocycles. The van der Waals surface area contributed by atoms with Crippen LogP contribution in [0.3, 0.4) is 0 Å². The molecule has 3 aromatic rings. The fraction of sp³-hybridized carbons (Fsp3) is 0.0714. The lowest BCUT2D eigenvalue weighted by molar-refractivity contribution is 0.102. The van der Waals surface area contributed by atoms with E-state index in [2.05, 4.69) is 15.3 Å². The molecule has 1 aromatic carbocycles. The van der Waals surface area contributed by atoms with Crippen molar-refractivity contribution in [2.24, 2.45) is 0 Å². The van der Waals surface area contributed by atoms with Crippen LogP contribution < -0.4 is 5.32 Å². The monoisotopic (exact) mass is 303 g/mol. The zero-order valence-corrected chi connectivity index (χ0v) is 12.1. The lowest BCUT2D eigenvalue weighted by Crippen LogP contribution is -2.11. The summed E-state index contributed by atoms with van der Waals surface area (Å²) in [5, 5.41) is 3.65. The lowest BCUT2D eigenvalue weighted by Gasteiger charge is -2.01. The number of aromatic nitrogens is 2. The number of hydrogen-bond donors (Lipinski definition) is 1. The number of para-hydroxylation sites is 1. The number of thiazole rings is 1. The van der Waals surface area contributed by atoms with Gasteiger partial charge < -0.3 is 0 Å². The van der Waals surface area contributed by atoms with Crippen LogP contribution in [0.5, 0.6) is 0 Å². The van der Waals surface area contributed by atoms with E-state index >= 15 is 0 Å². The van der Waals surface area contributed by atoms with E-state index < -0.39 is 0 Å². The molecule has 0 saturated carbocycles. The third-order valence-electron chi connectivity index (χ3n) is 2.83. The summed E-state index contributed by atoms with van der Waals surface area (Å²) in [7, 11) is 0. The number of carbonyl (C=O) groups excluding carboxylic acids is 1. The maximum absolute atomic E-state index is 12.1. The van der Waals surface area contributed by atoms with Gasteiger partial charge in [0.1, 0.15) is 5.15 Å². The molecule has 3 rings (SSSR count). The second-order valence-corrected chi connectivity index (χ2v) is 5.68. The van der Waals surface area contributed by atoms with Crippen LogP contribution in [0.2, 0.25) is 5.15 Å². The van der Waals surface area contributed by atoms with Gasteiger partial charge in [-0.05, 0) is 30.7 Å². The summed E-state index contributed by atoms with van der Waals surface area (Å²) in [6.07, 6.45) is 1.50. The van der Waals surface area contributed by atoms with Gasteiger partial charge in [-0.25, -0.2) is 9.97 Å². The van der Waals surface area contributed by atoms with Crippen molar-refractivity contribution in [1.29, 1.82) is 0 Å². The van der Waals surface area contributed by atoms with Gasteiger partial charge in [-0.15, -0.1) is 0 Å². The fourth-order valence-electron chi connectivity index (χ4n) is 1.85. The van der Waals surface area contributed by atoms with Crippen LogP contribution >= 0.6 is 22.9 Å². The topological polar surface area (TPSA) is 54.9 Å². The number of nitrogens with one attached hydrogen (secondary N) is 1. The zero-order valence-electron chi connectivity index (χ0n) is 10.6. The van der Waals surface area contributed by atoms with E-state index in [0.29, 0.717) is 10.7 Å². The van der Waals surface area contributed by atoms with E-state index in [4.69, 9.17) is 11.6 Å². The van der Waals surface area contributed by atoms with Crippen molar-refractivity contribution in [3.8, 4) is 0 Å². The molecule has 0 aliphatic carbocycles. The van der Waals surface area contributed by atoms with Gasteiger partial charge >= 0.3 is 0 Å². The number of hydrogen-bond acceptors (Lipinski definition) is 4. The molecule has 0 unspecified atom stereocenters. The van der Waals surface area contributed by atoms with Gasteiger partial charge in [0.15, 0.2) is 5.13 Å². The van der Waals surface area contributed by atoms with Gasteiger partial charge in [0, 0.05) is 11.8 Å². The average Bonchev–Trinajstić information content (AvgIpc) is 2.83. The van der Waals surface area contributed by atoms with Crippen LogP contribution in [0.15, 0.2) is 36.5 Å². The number of nitrogens with zero attached hydrogens (tertiary/aromatic N) is 2. The summed E-state index contributed by atoms with van der Waals surface area (Å²) in [5.41, 5.74) is 2.47. The van der Waals surface area contributed by atoms with Crippen molar-refractivity contribution < 1.29 is 4.79 Å². The number of rotatable bonds is 2. The van der Waals surface area contributed by atoms with Crippen LogP contribution in [0.4, 0.5) is 5.13 Å². The number of amides is 1. The number of aryl methyl sites for hydroxylation is 1. The number of anilines is 1. The molecule has 2 aromatic heterocycles. The normalized spacial score (nSPS) is 10.7. The van der Waals surface area contributed by atoms with Crippen LogP contribution in [-0.4, -0.2) is 15.9 Å². The number of fused-ring (bicyclic) bond motifs is 1. The minimum absolute atomic E-state index is 0.244. The molecule has 1 N–H and O–H groups in total. The van der Waals surface area contributed by atoms with E-state index in [1.165, 1.54) is 23.6 Å². The Hall–Kier alpha value is -1.98. The van der Waals surface area contributed by atoms with Crippen LogP contribution in [0.25, 0.3) is 10.2 Å². The Morgan fingerprint density at radius 2 is 2.20 bits per heavy atom. The molecule has 6 heteroatoms. The Morgan fingerprint density at radius 1 is 1.35 bits per heavy atom. The van der Waals surface area contributed by atoms with E-state index in [0.717, 1.165) is 15.8 Å². The molecule has 4 nitrogen and oxygen atoms in total. The van der Waals surface area contributed by atoms with Gasteiger partial charge in [0.2, 0.25) is 0 Å². The van der Waals surface area contributed by atoms with E-state index in [1.54, 1.807) is 6.07 Å². The van der Waals surface area contributed by atoms with Gasteiger partial charge in [0.05, 0.1) is 10.2 Å². The standard InChI is InChI=1S/C14H10ClN3OS/c1-8-3-2-4-10-12(8)17-14(20-10)18-13(19)9-5-6-16-11(15)7-9/h2-7H,1H3,(H,17,18,19). The molecule has 0 atom stereocenters. The summed E-state index contributed by atoms with van der Waals surface area (Å²) in [4.78, 5) is 20.4. The SMILES string of the molecule is Cc1cccc2sc(NC(=O)c3ccnc(Cl)c3)nc12. The van der Waals surface area contributed by atoms with E-state index in [1.807, 2.05) is 25.1 Å². The molecular formula is C14H10ClN3OS. The maximum Gasteiger partial charge on any atom is 0.257 e. The average molecular weight is 304 g/mol. The third-order valence-corrected chi connectivity index (χ3v) is 3.97. The molecular weight excluding hydrogens is 294 g/mol. The number of pyridine rings is 1. The highest BCUT2D eigenvalue weighted by Gasteiger charge is 2.11. The molecule has 0 bridgehead atoms. The largest absolute Gasteiger partial charge is 0.298 e. The second-order valence-electron chi connectivity index (χ2n) is 4.26. The van der Waals surface area contributed by atoms with E-state index in [-0.39, 0.29) is 11.1 Å². The third kappa shape index (κ3) is 2.50. The number of carbonyl (C=O) groups is 1. The molecule has 0 radical (unpaired) electrons. The van der Waals surface area contributed by atoms with Crippen molar-refractivity contribution in [3.05, 3.63) is 52.8 Å². The molecule has 0 saturated heterocycles. The molecule has 20 heavy (non-hydrogen) atoms. The van der Waals surface area contributed by atoms with Crippen LogP contribution in [0, 0.1) is 6.92 Å². The summed E-state index contributed by atoms with van der Waals surface area (Å²) in [6, 6.07) is 9.09. The number of benzene rings is 1.